The molecule has 2 heterocycles. The molecule has 0 aromatic heterocycles. The quantitative estimate of drug-likeness (QED) is 0.899. The van der Waals surface area contributed by atoms with E-state index in [0.717, 1.165) is 13.1 Å². The van der Waals surface area contributed by atoms with Crippen molar-refractivity contribution in [3.05, 3.63) is 34.9 Å². The standard InChI is InChI=1S/C19H25N3O2/c1-12-5-13(2)7-14(6-12)10-21-3-4-22(11-17(21)23)19(24)18-15-8-20-9-16(15)18/h5-7,15-16,18,20H,3-4,8-11H2,1-2H3/t15-,16+,18?. The Morgan fingerprint density at radius 1 is 1.12 bits per heavy atom. The van der Waals surface area contributed by atoms with E-state index < -0.39 is 0 Å². The molecule has 0 radical (unpaired) electrons. The number of benzene rings is 1. The van der Waals surface area contributed by atoms with Crippen LogP contribution in [0.5, 0.6) is 0 Å². The summed E-state index contributed by atoms with van der Waals surface area (Å²) >= 11 is 0. The summed E-state index contributed by atoms with van der Waals surface area (Å²) in [5.41, 5.74) is 3.61. The number of nitrogens with one attached hydrogen (secondary N) is 1. The van der Waals surface area contributed by atoms with Gasteiger partial charge in [0.2, 0.25) is 11.8 Å². The average molecular weight is 327 g/mol. The number of piperazine rings is 1. The molecule has 1 saturated carbocycles. The first kappa shape index (κ1) is 15.6. The Kier molecular flexibility index (Phi) is 3.83. The largest absolute Gasteiger partial charge is 0.335 e. The van der Waals surface area contributed by atoms with Gasteiger partial charge in [-0.15, -0.1) is 0 Å². The maximum absolute atomic E-state index is 12.6. The van der Waals surface area contributed by atoms with E-state index in [1.165, 1.54) is 16.7 Å². The van der Waals surface area contributed by atoms with Gasteiger partial charge in [-0.05, 0) is 44.3 Å². The molecule has 0 spiro atoms. The van der Waals surface area contributed by atoms with Crippen molar-refractivity contribution in [1.82, 2.24) is 15.1 Å². The van der Waals surface area contributed by atoms with Gasteiger partial charge in [0, 0.05) is 25.6 Å². The van der Waals surface area contributed by atoms with E-state index in [0.29, 0.717) is 31.5 Å². The van der Waals surface area contributed by atoms with E-state index in [1.54, 1.807) is 4.90 Å². The molecule has 5 nitrogen and oxygen atoms in total. The first-order chi connectivity index (χ1) is 11.5. The number of fused-ring (bicyclic) bond motifs is 1. The molecule has 1 aromatic rings. The van der Waals surface area contributed by atoms with Crippen LogP contribution in [0.15, 0.2) is 18.2 Å². The normalized spacial score (nSPS) is 28.9. The molecule has 2 saturated heterocycles. The topological polar surface area (TPSA) is 52.6 Å². The number of carbonyl (C=O) groups excluding carboxylic acids is 2. The van der Waals surface area contributed by atoms with E-state index in [-0.39, 0.29) is 24.3 Å². The molecular formula is C19H25N3O2. The fraction of sp³-hybridized carbons (Fsp3) is 0.579. The van der Waals surface area contributed by atoms with Gasteiger partial charge in [-0.3, -0.25) is 9.59 Å². The van der Waals surface area contributed by atoms with Crippen molar-refractivity contribution < 1.29 is 9.59 Å². The van der Waals surface area contributed by atoms with E-state index in [2.05, 4.69) is 37.4 Å². The summed E-state index contributed by atoms with van der Waals surface area (Å²) < 4.78 is 0. The van der Waals surface area contributed by atoms with Crippen LogP contribution >= 0.6 is 0 Å². The van der Waals surface area contributed by atoms with Crippen LogP contribution in [0.1, 0.15) is 16.7 Å². The summed E-state index contributed by atoms with van der Waals surface area (Å²) in [5, 5.41) is 3.32. The maximum Gasteiger partial charge on any atom is 0.242 e. The highest BCUT2D eigenvalue weighted by Crippen LogP contribution is 2.49. The summed E-state index contributed by atoms with van der Waals surface area (Å²) in [6, 6.07) is 6.41. The van der Waals surface area contributed by atoms with Gasteiger partial charge in [0.25, 0.3) is 0 Å². The first-order valence-electron chi connectivity index (χ1n) is 8.87. The van der Waals surface area contributed by atoms with Crippen molar-refractivity contribution >= 4 is 11.8 Å². The van der Waals surface area contributed by atoms with E-state index in [1.807, 2.05) is 4.90 Å². The number of hydrogen-bond donors (Lipinski definition) is 1. The lowest BCUT2D eigenvalue weighted by Crippen LogP contribution is -2.52. The summed E-state index contributed by atoms with van der Waals surface area (Å²) in [6.07, 6.45) is 0. The van der Waals surface area contributed by atoms with Crippen LogP contribution in [-0.4, -0.2) is 54.3 Å². The number of nitrogens with zero attached hydrogens (tertiary/aromatic N) is 2. The summed E-state index contributed by atoms with van der Waals surface area (Å²) in [4.78, 5) is 28.8. The third-order valence-electron chi connectivity index (χ3n) is 5.66. The maximum atomic E-state index is 12.6. The minimum absolute atomic E-state index is 0.0673. The molecule has 3 fully saturated rings. The van der Waals surface area contributed by atoms with Crippen LogP contribution in [0, 0.1) is 31.6 Å². The second-order valence-electron chi connectivity index (χ2n) is 7.58. The lowest BCUT2D eigenvalue weighted by molar-refractivity contribution is -0.146. The minimum Gasteiger partial charge on any atom is -0.335 e. The zero-order valence-electron chi connectivity index (χ0n) is 14.4. The average Bonchev–Trinajstić information content (AvgIpc) is 2.99. The van der Waals surface area contributed by atoms with Crippen molar-refractivity contribution in [3.8, 4) is 0 Å². The summed E-state index contributed by atoms with van der Waals surface area (Å²) in [6.45, 7) is 8.27. The van der Waals surface area contributed by atoms with Crippen LogP contribution in [-0.2, 0) is 16.1 Å². The number of rotatable bonds is 3. The highest BCUT2D eigenvalue weighted by Gasteiger charge is 2.58. The summed E-state index contributed by atoms with van der Waals surface area (Å²) in [5.74, 6) is 1.47. The third-order valence-corrected chi connectivity index (χ3v) is 5.66. The predicted octanol–water partition coefficient (Wildman–Crippen LogP) is 0.940. The second kappa shape index (κ2) is 5.88. The molecule has 24 heavy (non-hydrogen) atoms. The van der Waals surface area contributed by atoms with E-state index in [9.17, 15) is 9.59 Å². The molecule has 2 aliphatic heterocycles. The minimum atomic E-state index is 0.0673. The van der Waals surface area contributed by atoms with Crippen molar-refractivity contribution in [1.29, 1.82) is 0 Å². The molecule has 1 aliphatic carbocycles. The van der Waals surface area contributed by atoms with Gasteiger partial charge in [-0.25, -0.2) is 0 Å². The fourth-order valence-electron chi connectivity index (χ4n) is 4.44. The van der Waals surface area contributed by atoms with Crippen LogP contribution in [0.4, 0.5) is 0 Å². The van der Waals surface area contributed by atoms with Crippen molar-refractivity contribution in [2.45, 2.75) is 20.4 Å². The van der Waals surface area contributed by atoms with Crippen molar-refractivity contribution in [3.63, 3.8) is 0 Å². The smallest absolute Gasteiger partial charge is 0.242 e. The predicted molar refractivity (Wildman–Crippen MR) is 91.3 cm³/mol. The van der Waals surface area contributed by atoms with Crippen LogP contribution in [0.3, 0.4) is 0 Å². The lowest BCUT2D eigenvalue weighted by Gasteiger charge is -2.35. The van der Waals surface area contributed by atoms with E-state index in [4.69, 9.17) is 0 Å². The number of piperidine rings is 1. The monoisotopic (exact) mass is 327 g/mol. The Balaban J connectivity index is 1.36. The number of aryl methyl sites for hydroxylation is 2. The van der Waals surface area contributed by atoms with Gasteiger partial charge in [0.05, 0.1) is 6.54 Å². The summed E-state index contributed by atoms with van der Waals surface area (Å²) in [7, 11) is 0. The molecule has 1 N–H and O–H groups in total. The zero-order chi connectivity index (χ0) is 16.8. The molecule has 3 atom stereocenters. The third kappa shape index (κ3) is 2.81. The molecule has 3 aliphatic rings. The van der Waals surface area contributed by atoms with Crippen molar-refractivity contribution in [2.75, 3.05) is 32.7 Å². The van der Waals surface area contributed by atoms with Gasteiger partial charge in [0.1, 0.15) is 0 Å². The Hall–Kier alpha value is -1.88. The van der Waals surface area contributed by atoms with Gasteiger partial charge in [-0.2, -0.15) is 0 Å². The van der Waals surface area contributed by atoms with Crippen LogP contribution in [0.25, 0.3) is 0 Å². The number of hydrogen-bond acceptors (Lipinski definition) is 3. The molecule has 4 rings (SSSR count). The van der Waals surface area contributed by atoms with Crippen LogP contribution < -0.4 is 5.32 Å². The van der Waals surface area contributed by atoms with Gasteiger partial charge >= 0.3 is 0 Å². The van der Waals surface area contributed by atoms with Gasteiger partial charge in [0.15, 0.2) is 0 Å². The molecule has 1 unspecified atom stereocenters. The van der Waals surface area contributed by atoms with Crippen molar-refractivity contribution in [2.24, 2.45) is 17.8 Å². The van der Waals surface area contributed by atoms with E-state index >= 15 is 0 Å². The fourth-order valence-corrected chi connectivity index (χ4v) is 4.44. The Morgan fingerprint density at radius 2 is 1.79 bits per heavy atom. The number of carbonyl (C=O) groups is 2. The van der Waals surface area contributed by atoms with Gasteiger partial charge < -0.3 is 15.1 Å². The van der Waals surface area contributed by atoms with Crippen LogP contribution in [0.2, 0.25) is 0 Å². The molecule has 0 bridgehead atoms. The Morgan fingerprint density at radius 3 is 2.42 bits per heavy atom. The number of amides is 2. The Bertz CT molecular complexity index is 657. The lowest BCUT2D eigenvalue weighted by atomic mass is 10.1. The Labute approximate surface area is 143 Å². The molecular weight excluding hydrogens is 302 g/mol. The SMILES string of the molecule is Cc1cc(C)cc(CN2CCN(C(=O)C3[C@H]4CNC[C@@H]34)CC2=O)c1. The first-order valence-corrected chi connectivity index (χ1v) is 8.87. The molecule has 5 heteroatoms. The highest BCUT2D eigenvalue weighted by molar-refractivity contribution is 5.89. The molecule has 128 valence electrons. The van der Waals surface area contributed by atoms with Gasteiger partial charge in [-0.1, -0.05) is 29.3 Å². The highest BCUT2D eigenvalue weighted by atomic mass is 16.2. The zero-order valence-corrected chi connectivity index (χ0v) is 14.4. The molecule has 2 amide bonds. The second-order valence-corrected chi connectivity index (χ2v) is 7.58. The molecule has 1 aromatic carbocycles.